The van der Waals surface area contributed by atoms with Gasteiger partial charge in [-0.2, -0.15) is 0 Å². The Morgan fingerprint density at radius 1 is 0.722 bits per heavy atom. The first-order chi connectivity index (χ1) is 8.67. The summed E-state index contributed by atoms with van der Waals surface area (Å²) in [6.45, 7) is 4.70. The van der Waals surface area contributed by atoms with E-state index >= 15 is 0 Å². The lowest BCUT2D eigenvalue weighted by atomic mass is 9.86. The molecule has 2 rings (SSSR count). The van der Waals surface area contributed by atoms with Gasteiger partial charge in [-0.1, -0.05) is 26.7 Å². The summed E-state index contributed by atoms with van der Waals surface area (Å²) in [7, 11) is 4.15. The zero-order valence-corrected chi connectivity index (χ0v) is 13.0. The molecule has 0 amide bonds. The van der Waals surface area contributed by atoms with Crippen molar-refractivity contribution in [3.05, 3.63) is 0 Å². The zero-order valence-electron chi connectivity index (χ0n) is 13.0. The van der Waals surface area contributed by atoms with Crippen molar-refractivity contribution in [2.24, 2.45) is 11.8 Å². The van der Waals surface area contributed by atoms with Gasteiger partial charge in [-0.25, -0.2) is 0 Å². The lowest BCUT2D eigenvalue weighted by Gasteiger charge is -2.27. The quantitative estimate of drug-likeness (QED) is 0.787. The molecule has 2 nitrogen and oxygen atoms in total. The maximum atomic E-state index is 3.35. The van der Waals surface area contributed by atoms with Crippen molar-refractivity contribution in [3.63, 3.8) is 0 Å². The summed E-state index contributed by atoms with van der Waals surface area (Å²) < 4.78 is 0. The second-order valence-electron chi connectivity index (χ2n) is 6.40. The number of nitrogens with one attached hydrogen (secondary N) is 2. The van der Waals surface area contributed by atoms with E-state index in [1.165, 1.54) is 51.4 Å². The second-order valence-corrected chi connectivity index (χ2v) is 6.40. The van der Waals surface area contributed by atoms with Crippen molar-refractivity contribution in [2.75, 3.05) is 14.1 Å². The molecule has 2 N–H and O–H groups in total. The average molecular weight is 254 g/mol. The summed E-state index contributed by atoms with van der Waals surface area (Å²) in [5.41, 5.74) is 0. The van der Waals surface area contributed by atoms with E-state index in [4.69, 9.17) is 0 Å². The molecule has 0 spiro atoms. The van der Waals surface area contributed by atoms with E-state index in [1.807, 2.05) is 0 Å². The maximum absolute atomic E-state index is 3.35. The van der Waals surface area contributed by atoms with Crippen molar-refractivity contribution < 1.29 is 0 Å². The van der Waals surface area contributed by atoms with Gasteiger partial charge in [0.2, 0.25) is 0 Å². The molecule has 0 radical (unpaired) electrons. The molecule has 2 unspecified atom stereocenters. The molecule has 2 heteroatoms. The smallest absolute Gasteiger partial charge is 0.00896 e. The van der Waals surface area contributed by atoms with Crippen molar-refractivity contribution in [1.82, 2.24) is 10.6 Å². The van der Waals surface area contributed by atoms with Gasteiger partial charge in [0, 0.05) is 12.1 Å². The van der Waals surface area contributed by atoms with Crippen molar-refractivity contribution in [3.8, 4) is 0 Å². The summed E-state index contributed by atoms with van der Waals surface area (Å²) >= 11 is 0. The van der Waals surface area contributed by atoms with Gasteiger partial charge in [-0.15, -0.1) is 0 Å². The van der Waals surface area contributed by atoms with E-state index in [0.717, 1.165) is 23.9 Å². The molecule has 2 saturated carbocycles. The Bertz CT molecular complexity index is 197. The summed E-state index contributed by atoms with van der Waals surface area (Å²) in [5, 5.41) is 6.68. The average Bonchev–Trinajstić information content (AvgIpc) is 2.41. The minimum atomic E-state index is 0.804. The molecule has 0 aromatic carbocycles. The van der Waals surface area contributed by atoms with Gasteiger partial charge < -0.3 is 10.6 Å². The van der Waals surface area contributed by atoms with Crippen LogP contribution >= 0.6 is 0 Å². The number of rotatable bonds is 2. The van der Waals surface area contributed by atoms with Crippen LogP contribution < -0.4 is 10.6 Å². The van der Waals surface area contributed by atoms with Crippen LogP contribution in [-0.2, 0) is 0 Å². The zero-order chi connectivity index (χ0) is 13.4. The molecule has 0 aromatic heterocycles. The predicted octanol–water partition coefficient (Wildman–Crippen LogP) is 3.57. The Labute approximate surface area is 114 Å². The van der Waals surface area contributed by atoms with Gasteiger partial charge in [0.25, 0.3) is 0 Å². The van der Waals surface area contributed by atoms with Crippen LogP contribution in [-0.4, -0.2) is 26.2 Å². The second kappa shape index (κ2) is 8.92. The highest BCUT2D eigenvalue weighted by Crippen LogP contribution is 2.23. The minimum absolute atomic E-state index is 0.804. The van der Waals surface area contributed by atoms with E-state index in [1.54, 1.807) is 0 Å². The molecular weight excluding hydrogens is 220 g/mol. The Balaban J connectivity index is 0.000000180. The molecule has 18 heavy (non-hydrogen) atoms. The monoisotopic (exact) mass is 254 g/mol. The van der Waals surface area contributed by atoms with Crippen molar-refractivity contribution in [2.45, 2.75) is 77.3 Å². The van der Waals surface area contributed by atoms with Gasteiger partial charge in [0.05, 0.1) is 0 Å². The van der Waals surface area contributed by atoms with Crippen LogP contribution in [0.25, 0.3) is 0 Å². The van der Waals surface area contributed by atoms with Crippen LogP contribution in [0.2, 0.25) is 0 Å². The minimum Gasteiger partial charge on any atom is -0.317 e. The van der Waals surface area contributed by atoms with E-state index in [2.05, 4.69) is 38.6 Å². The van der Waals surface area contributed by atoms with E-state index in [9.17, 15) is 0 Å². The fourth-order valence-electron chi connectivity index (χ4n) is 3.29. The molecule has 2 fully saturated rings. The fourth-order valence-corrected chi connectivity index (χ4v) is 3.29. The van der Waals surface area contributed by atoms with Crippen LogP contribution in [0.1, 0.15) is 65.2 Å². The molecule has 2 atom stereocenters. The van der Waals surface area contributed by atoms with E-state index in [0.29, 0.717) is 0 Å². The predicted molar refractivity (Wildman–Crippen MR) is 81.0 cm³/mol. The molecule has 0 bridgehead atoms. The lowest BCUT2D eigenvalue weighted by Crippen LogP contribution is -2.34. The molecular formula is C16H34N2. The Kier molecular flexibility index (Phi) is 7.92. The first-order valence-electron chi connectivity index (χ1n) is 8.01. The lowest BCUT2D eigenvalue weighted by molar-refractivity contribution is 0.294. The molecule has 0 heterocycles. The van der Waals surface area contributed by atoms with E-state index in [-0.39, 0.29) is 0 Å². The van der Waals surface area contributed by atoms with Crippen LogP contribution in [0.5, 0.6) is 0 Å². The Morgan fingerprint density at radius 2 is 1.33 bits per heavy atom. The van der Waals surface area contributed by atoms with Gasteiger partial charge in [0.1, 0.15) is 0 Å². The maximum Gasteiger partial charge on any atom is 0.00896 e. The fraction of sp³-hybridized carbons (Fsp3) is 1.00. The Hall–Kier alpha value is -0.0800. The van der Waals surface area contributed by atoms with Gasteiger partial charge in [-0.3, -0.25) is 0 Å². The van der Waals surface area contributed by atoms with Crippen LogP contribution in [0.4, 0.5) is 0 Å². The van der Waals surface area contributed by atoms with Crippen molar-refractivity contribution in [1.29, 1.82) is 0 Å². The first-order valence-corrected chi connectivity index (χ1v) is 8.01. The molecule has 2 aliphatic carbocycles. The molecule has 108 valence electrons. The molecule has 0 saturated heterocycles. The third kappa shape index (κ3) is 5.71. The van der Waals surface area contributed by atoms with Gasteiger partial charge >= 0.3 is 0 Å². The SMILES string of the molecule is CNC1CCC(C)CC1.CNC1CCCCC1C. The topological polar surface area (TPSA) is 24.1 Å². The van der Waals surface area contributed by atoms with Gasteiger partial charge in [0.15, 0.2) is 0 Å². The molecule has 2 aliphatic rings. The molecule has 0 aromatic rings. The number of hydrogen-bond acceptors (Lipinski definition) is 2. The highest BCUT2D eigenvalue weighted by molar-refractivity contribution is 4.76. The van der Waals surface area contributed by atoms with E-state index < -0.39 is 0 Å². The Morgan fingerprint density at radius 3 is 1.78 bits per heavy atom. The largest absolute Gasteiger partial charge is 0.317 e. The third-order valence-corrected chi connectivity index (χ3v) is 4.91. The van der Waals surface area contributed by atoms with Gasteiger partial charge in [-0.05, 0) is 64.5 Å². The first kappa shape index (κ1) is 16.0. The van der Waals surface area contributed by atoms with Crippen LogP contribution in [0, 0.1) is 11.8 Å². The number of hydrogen-bond donors (Lipinski definition) is 2. The van der Waals surface area contributed by atoms with Crippen molar-refractivity contribution >= 4 is 0 Å². The molecule has 0 aliphatic heterocycles. The highest BCUT2D eigenvalue weighted by Gasteiger charge is 2.18. The third-order valence-electron chi connectivity index (χ3n) is 4.91. The summed E-state index contributed by atoms with van der Waals surface area (Å²) in [6.07, 6.45) is 11.3. The normalized spacial score (nSPS) is 36.7. The van der Waals surface area contributed by atoms with Crippen LogP contribution in [0.3, 0.4) is 0 Å². The highest BCUT2D eigenvalue weighted by atomic mass is 14.9. The van der Waals surface area contributed by atoms with Crippen LogP contribution in [0.15, 0.2) is 0 Å². The summed E-state index contributed by atoms with van der Waals surface area (Å²) in [6, 6.07) is 1.62. The summed E-state index contributed by atoms with van der Waals surface area (Å²) in [4.78, 5) is 0. The standard InChI is InChI=1S/2C8H17N/c1-7-3-5-8(9-2)6-4-7;1-7-5-3-4-6-8(7)9-2/h2*7-9H,3-6H2,1-2H3. The summed E-state index contributed by atoms with van der Waals surface area (Å²) in [5.74, 6) is 1.89.